The first-order valence-corrected chi connectivity index (χ1v) is 11.3. The van der Waals surface area contributed by atoms with Gasteiger partial charge in [-0.15, -0.1) is 0 Å². The molecule has 1 heterocycles. The summed E-state index contributed by atoms with van der Waals surface area (Å²) in [7, 11) is 0. The summed E-state index contributed by atoms with van der Waals surface area (Å²) in [5.41, 5.74) is 5.40. The lowest BCUT2D eigenvalue weighted by Gasteiger charge is -2.11. The summed E-state index contributed by atoms with van der Waals surface area (Å²) in [6.45, 7) is 4.98. The van der Waals surface area contributed by atoms with Gasteiger partial charge in [-0.3, -0.25) is 0 Å². The molecule has 0 atom stereocenters. The number of nitrogens with one attached hydrogen (secondary N) is 3. The normalized spacial score (nSPS) is 10.7. The van der Waals surface area contributed by atoms with Gasteiger partial charge in [-0.1, -0.05) is 36.4 Å². The first-order chi connectivity index (χ1) is 17.2. The molecule has 0 amide bonds. The minimum atomic E-state index is 0.275. The number of anilines is 5. The van der Waals surface area contributed by atoms with Gasteiger partial charge in [0.15, 0.2) is 0 Å². The van der Waals surface area contributed by atoms with E-state index in [0.29, 0.717) is 30.9 Å². The summed E-state index contributed by atoms with van der Waals surface area (Å²) in [5.74, 6) is 2.44. The quantitative estimate of drug-likeness (QED) is 0.192. The van der Waals surface area contributed by atoms with E-state index in [9.17, 15) is 0 Å². The molecule has 1 aromatic heterocycles. The van der Waals surface area contributed by atoms with Crippen molar-refractivity contribution in [3.05, 3.63) is 84.4 Å². The van der Waals surface area contributed by atoms with Gasteiger partial charge in [0.2, 0.25) is 17.8 Å². The maximum atomic E-state index is 5.74. The van der Waals surface area contributed by atoms with Gasteiger partial charge in [0.25, 0.3) is 0 Å². The summed E-state index contributed by atoms with van der Waals surface area (Å²) in [6.07, 6.45) is 1.65. The van der Waals surface area contributed by atoms with Crippen molar-refractivity contribution in [2.45, 2.75) is 13.8 Å². The Morgan fingerprint density at radius 2 is 1.29 bits per heavy atom. The molecule has 0 aliphatic heterocycles. The maximum absolute atomic E-state index is 5.74. The van der Waals surface area contributed by atoms with E-state index in [2.05, 4.69) is 36.1 Å². The average Bonchev–Trinajstić information content (AvgIpc) is 2.87. The van der Waals surface area contributed by atoms with E-state index >= 15 is 0 Å². The van der Waals surface area contributed by atoms with Crippen LogP contribution in [0.3, 0.4) is 0 Å². The predicted octanol–water partition coefficient (Wildman–Crippen LogP) is 5.60. The lowest BCUT2D eigenvalue weighted by Crippen LogP contribution is -2.07. The van der Waals surface area contributed by atoms with Crippen molar-refractivity contribution < 1.29 is 9.47 Å². The number of benzene rings is 3. The highest BCUT2D eigenvalue weighted by molar-refractivity contribution is 5.84. The molecule has 0 aliphatic carbocycles. The van der Waals surface area contributed by atoms with Crippen LogP contribution in [0, 0.1) is 0 Å². The molecule has 4 aromatic rings. The number of hydrogen-bond donors (Lipinski definition) is 3. The van der Waals surface area contributed by atoms with Crippen LogP contribution in [0.25, 0.3) is 0 Å². The third kappa shape index (κ3) is 6.91. The van der Waals surface area contributed by atoms with Gasteiger partial charge in [0.05, 0.1) is 19.4 Å². The second kappa shape index (κ2) is 12.0. The van der Waals surface area contributed by atoms with Crippen LogP contribution in [0.2, 0.25) is 0 Å². The lowest BCUT2D eigenvalue weighted by molar-refractivity contribution is 0.323. The summed E-state index contributed by atoms with van der Waals surface area (Å²) in [4.78, 5) is 13.4. The van der Waals surface area contributed by atoms with Gasteiger partial charge in [0.1, 0.15) is 11.5 Å². The molecule has 9 heteroatoms. The number of ether oxygens (including phenoxy) is 2. The second-order valence-corrected chi connectivity index (χ2v) is 7.22. The molecular weight excluding hydrogens is 442 g/mol. The summed E-state index contributed by atoms with van der Waals surface area (Å²) < 4.78 is 11.3. The highest BCUT2D eigenvalue weighted by Crippen LogP contribution is 2.24. The Bertz CT molecular complexity index is 1190. The minimum absolute atomic E-state index is 0.275. The fourth-order valence-electron chi connectivity index (χ4n) is 3.16. The van der Waals surface area contributed by atoms with Crippen LogP contribution in [0.1, 0.15) is 19.4 Å². The number of para-hydroxylation sites is 2. The van der Waals surface area contributed by atoms with Gasteiger partial charge < -0.3 is 20.1 Å². The van der Waals surface area contributed by atoms with Crippen molar-refractivity contribution in [2.24, 2.45) is 5.10 Å². The van der Waals surface area contributed by atoms with E-state index in [1.54, 1.807) is 6.21 Å². The third-order valence-corrected chi connectivity index (χ3v) is 4.66. The highest BCUT2D eigenvalue weighted by Gasteiger charge is 2.08. The molecule has 0 unspecified atom stereocenters. The van der Waals surface area contributed by atoms with Crippen molar-refractivity contribution in [1.29, 1.82) is 0 Å². The molecule has 9 nitrogen and oxygen atoms in total. The fourth-order valence-corrected chi connectivity index (χ4v) is 3.16. The predicted molar refractivity (Wildman–Crippen MR) is 139 cm³/mol. The van der Waals surface area contributed by atoms with E-state index in [4.69, 9.17) is 9.47 Å². The van der Waals surface area contributed by atoms with Gasteiger partial charge in [-0.25, -0.2) is 5.43 Å². The van der Waals surface area contributed by atoms with Crippen LogP contribution in [-0.4, -0.2) is 34.4 Å². The van der Waals surface area contributed by atoms with Gasteiger partial charge >= 0.3 is 0 Å². The van der Waals surface area contributed by atoms with Crippen LogP contribution in [0.15, 0.2) is 84.0 Å². The zero-order chi connectivity index (χ0) is 24.3. The molecule has 3 aromatic carbocycles. The molecule has 0 saturated carbocycles. The highest BCUT2D eigenvalue weighted by atomic mass is 16.5. The van der Waals surface area contributed by atoms with Gasteiger partial charge in [-0.05, 0) is 50.2 Å². The van der Waals surface area contributed by atoms with E-state index in [1.807, 2.05) is 92.7 Å². The van der Waals surface area contributed by atoms with Crippen LogP contribution < -0.4 is 25.5 Å². The zero-order valence-corrected chi connectivity index (χ0v) is 19.6. The number of hydrazone groups is 1. The van der Waals surface area contributed by atoms with E-state index in [0.717, 1.165) is 22.7 Å². The molecule has 0 radical (unpaired) electrons. The van der Waals surface area contributed by atoms with E-state index in [1.165, 1.54) is 0 Å². The first kappa shape index (κ1) is 23.5. The molecule has 0 fully saturated rings. The molecule has 178 valence electrons. The molecule has 0 spiro atoms. The van der Waals surface area contributed by atoms with Gasteiger partial charge in [0, 0.05) is 23.0 Å². The van der Waals surface area contributed by atoms with Crippen LogP contribution in [0.4, 0.5) is 29.2 Å². The van der Waals surface area contributed by atoms with Crippen molar-refractivity contribution in [3.63, 3.8) is 0 Å². The summed E-state index contributed by atoms with van der Waals surface area (Å²) in [5, 5.41) is 10.7. The average molecular weight is 470 g/mol. The third-order valence-electron chi connectivity index (χ3n) is 4.66. The van der Waals surface area contributed by atoms with Crippen molar-refractivity contribution in [3.8, 4) is 11.5 Å². The first-order valence-electron chi connectivity index (χ1n) is 11.3. The minimum Gasteiger partial charge on any atom is -0.494 e. The molecule has 0 bridgehead atoms. The fraction of sp³-hybridized carbons (Fsp3) is 0.154. The van der Waals surface area contributed by atoms with Crippen LogP contribution in [0.5, 0.6) is 11.5 Å². The van der Waals surface area contributed by atoms with E-state index in [-0.39, 0.29) is 5.95 Å². The zero-order valence-electron chi connectivity index (χ0n) is 19.6. The second-order valence-electron chi connectivity index (χ2n) is 7.22. The van der Waals surface area contributed by atoms with Crippen molar-refractivity contribution in [2.75, 3.05) is 29.3 Å². The number of hydrogen-bond acceptors (Lipinski definition) is 9. The molecule has 0 saturated heterocycles. The molecular formula is C26H27N7O2. The van der Waals surface area contributed by atoms with E-state index < -0.39 is 0 Å². The lowest BCUT2D eigenvalue weighted by atomic mass is 10.2. The van der Waals surface area contributed by atoms with Crippen LogP contribution >= 0.6 is 0 Å². The SMILES string of the molecule is CCOc1ccc(/C=N/Nc2nc(Nc3ccccc3)nc(Nc3ccccc3)n2)c(OCC)c1. The molecule has 4 rings (SSSR count). The Balaban J connectivity index is 1.56. The number of aromatic nitrogens is 3. The maximum Gasteiger partial charge on any atom is 0.250 e. The smallest absolute Gasteiger partial charge is 0.250 e. The summed E-state index contributed by atoms with van der Waals surface area (Å²) >= 11 is 0. The Labute approximate surface area is 204 Å². The van der Waals surface area contributed by atoms with Gasteiger partial charge in [-0.2, -0.15) is 20.1 Å². The standard InChI is InChI=1S/C26H27N7O2/c1-3-34-22-16-15-19(23(17-22)35-4-2)18-27-33-26-31-24(28-20-11-7-5-8-12-20)30-25(32-26)29-21-13-9-6-10-14-21/h5-18H,3-4H2,1-2H3,(H3,28,29,30,31,32,33)/b27-18+. The monoisotopic (exact) mass is 469 g/mol. The Kier molecular flexibility index (Phi) is 8.05. The molecule has 35 heavy (non-hydrogen) atoms. The number of rotatable bonds is 11. The van der Waals surface area contributed by atoms with Crippen molar-refractivity contribution in [1.82, 2.24) is 15.0 Å². The van der Waals surface area contributed by atoms with Crippen molar-refractivity contribution >= 4 is 35.4 Å². The topological polar surface area (TPSA) is 106 Å². The molecule has 3 N–H and O–H groups in total. The number of nitrogens with zero attached hydrogens (tertiary/aromatic N) is 4. The Morgan fingerprint density at radius 1 is 0.714 bits per heavy atom. The molecule has 0 aliphatic rings. The Hall–Kier alpha value is -4.66. The summed E-state index contributed by atoms with van der Waals surface area (Å²) in [6, 6.07) is 25.0. The largest absolute Gasteiger partial charge is 0.494 e. The van der Waals surface area contributed by atoms with Crippen LogP contribution in [-0.2, 0) is 0 Å². The Morgan fingerprint density at radius 3 is 1.86 bits per heavy atom.